The summed E-state index contributed by atoms with van der Waals surface area (Å²) >= 11 is 0. The summed E-state index contributed by atoms with van der Waals surface area (Å²) in [4.78, 5) is 20.6. The number of carbonyl (C=O) groups is 1. The Morgan fingerprint density at radius 2 is 1.95 bits per heavy atom. The van der Waals surface area contributed by atoms with E-state index < -0.39 is 5.91 Å². The summed E-state index contributed by atoms with van der Waals surface area (Å²) in [6.07, 6.45) is 3.63. The maximum Gasteiger partial charge on any atom is 0.248 e. The van der Waals surface area contributed by atoms with Crippen molar-refractivity contribution >= 4 is 34.0 Å². The van der Waals surface area contributed by atoms with Crippen molar-refractivity contribution in [2.24, 2.45) is 5.73 Å². The highest BCUT2D eigenvalue weighted by molar-refractivity contribution is 5.95. The van der Waals surface area contributed by atoms with Gasteiger partial charge >= 0.3 is 0 Å². The van der Waals surface area contributed by atoms with Crippen LogP contribution in [0.3, 0.4) is 0 Å². The third kappa shape index (κ3) is 2.58. The molecular weight excluding hydrogens is 278 g/mol. The summed E-state index contributed by atoms with van der Waals surface area (Å²) in [7, 11) is 3.97. The van der Waals surface area contributed by atoms with Crippen LogP contribution >= 0.6 is 0 Å². The predicted molar refractivity (Wildman–Crippen MR) is 88.7 cm³/mol. The number of hydrogen-bond donors (Lipinski definition) is 3. The molecule has 0 aliphatic rings. The first-order valence-electron chi connectivity index (χ1n) is 6.85. The molecule has 6 nitrogen and oxygen atoms in total. The van der Waals surface area contributed by atoms with Crippen LogP contribution in [-0.4, -0.2) is 30.0 Å². The Kier molecular flexibility index (Phi) is 3.42. The number of aromatic nitrogens is 2. The first-order chi connectivity index (χ1) is 10.5. The molecule has 3 rings (SSSR count). The molecule has 0 bridgehead atoms. The average molecular weight is 295 g/mol. The minimum absolute atomic E-state index is 0.432. The molecule has 2 aromatic heterocycles. The summed E-state index contributed by atoms with van der Waals surface area (Å²) in [6.45, 7) is 0. The van der Waals surface area contributed by atoms with Gasteiger partial charge in [0.15, 0.2) is 0 Å². The standard InChI is InChI=1S/C16H17N5O/c1-21(2)14-9-18-8-13-12(14)7-15(20-13)19-11-5-3-10(4-6-11)16(17)22/h3-9,19-20H,1-2H3,(H2,17,22). The minimum atomic E-state index is -0.432. The largest absolute Gasteiger partial charge is 0.376 e. The van der Waals surface area contributed by atoms with Crippen molar-refractivity contribution < 1.29 is 4.79 Å². The van der Waals surface area contributed by atoms with Crippen LogP contribution in [0.5, 0.6) is 0 Å². The van der Waals surface area contributed by atoms with E-state index in [0.29, 0.717) is 5.56 Å². The van der Waals surface area contributed by atoms with Crippen molar-refractivity contribution in [2.75, 3.05) is 24.3 Å². The normalized spacial score (nSPS) is 10.6. The first-order valence-corrected chi connectivity index (χ1v) is 6.85. The molecule has 0 saturated carbocycles. The molecule has 0 atom stereocenters. The van der Waals surface area contributed by atoms with Crippen LogP contribution in [0.2, 0.25) is 0 Å². The van der Waals surface area contributed by atoms with Gasteiger partial charge in [-0.1, -0.05) is 0 Å². The van der Waals surface area contributed by atoms with Crippen molar-refractivity contribution in [1.82, 2.24) is 9.97 Å². The van der Waals surface area contributed by atoms with E-state index in [2.05, 4.69) is 15.3 Å². The summed E-state index contributed by atoms with van der Waals surface area (Å²) in [5.41, 5.74) is 8.60. The van der Waals surface area contributed by atoms with E-state index in [0.717, 1.165) is 28.1 Å². The fourth-order valence-electron chi connectivity index (χ4n) is 2.33. The van der Waals surface area contributed by atoms with Gasteiger partial charge in [-0.05, 0) is 30.3 Å². The van der Waals surface area contributed by atoms with Gasteiger partial charge in [0.05, 0.1) is 23.6 Å². The van der Waals surface area contributed by atoms with Gasteiger partial charge in [-0.2, -0.15) is 0 Å². The lowest BCUT2D eigenvalue weighted by Gasteiger charge is -2.12. The second kappa shape index (κ2) is 5.40. The highest BCUT2D eigenvalue weighted by atomic mass is 16.1. The lowest BCUT2D eigenvalue weighted by molar-refractivity contribution is 0.100. The molecule has 0 spiro atoms. The van der Waals surface area contributed by atoms with Gasteiger partial charge in [0.25, 0.3) is 0 Å². The van der Waals surface area contributed by atoms with Crippen LogP contribution in [0.25, 0.3) is 10.9 Å². The van der Waals surface area contributed by atoms with Crippen LogP contribution < -0.4 is 16.0 Å². The predicted octanol–water partition coefficient (Wildman–Crippen LogP) is 2.47. The number of benzene rings is 1. The Labute approximate surface area is 128 Å². The number of carbonyl (C=O) groups excluding carboxylic acids is 1. The third-order valence-corrected chi connectivity index (χ3v) is 3.45. The Hall–Kier alpha value is -3.02. The van der Waals surface area contributed by atoms with Crippen molar-refractivity contribution in [2.45, 2.75) is 0 Å². The summed E-state index contributed by atoms with van der Waals surface area (Å²) in [6, 6.07) is 9.06. The Morgan fingerprint density at radius 1 is 1.23 bits per heavy atom. The van der Waals surface area contributed by atoms with Crippen LogP contribution in [0.4, 0.5) is 17.2 Å². The molecule has 0 saturated heterocycles. The van der Waals surface area contributed by atoms with Gasteiger partial charge in [-0.3, -0.25) is 9.78 Å². The van der Waals surface area contributed by atoms with E-state index in [1.54, 1.807) is 18.3 Å². The van der Waals surface area contributed by atoms with Gasteiger partial charge in [-0.25, -0.2) is 0 Å². The second-order valence-corrected chi connectivity index (χ2v) is 5.26. The van der Waals surface area contributed by atoms with Gasteiger partial charge < -0.3 is 20.9 Å². The lowest BCUT2D eigenvalue weighted by atomic mass is 10.2. The molecule has 0 unspecified atom stereocenters. The fraction of sp³-hybridized carbons (Fsp3) is 0.125. The zero-order valence-electron chi connectivity index (χ0n) is 12.4. The number of rotatable bonds is 4. The number of nitrogens with two attached hydrogens (primary N) is 1. The second-order valence-electron chi connectivity index (χ2n) is 5.26. The molecular formula is C16H17N5O. The van der Waals surface area contributed by atoms with Crippen LogP contribution in [0.1, 0.15) is 10.4 Å². The molecule has 0 radical (unpaired) electrons. The van der Waals surface area contributed by atoms with E-state index in [9.17, 15) is 4.79 Å². The molecule has 6 heteroatoms. The van der Waals surface area contributed by atoms with E-state index in [4.69, 9.17) is 5.73 Å². The topological polar surface area (TPSA) is 87.0 Å². The smallest absolute Gasteiger partial charge is 0.248 e. The van der Waals surface area contributed by atoms with Crippen LogP contribution in [0, 0.1) is 0 Å². The molecule has 0 fully saturated rings. The van der Waals surface area contributed by atoms with Crippen molar-refractivity contribution in [3.63, 3.8) is 0 Å². The number of primary amides is 1. The number of nitrogens with zero attached hydrogens (tertiary/aromatic N) is 2. The van der Waals surface area contributed by atoms with Crippen LogP contribution in [0.15, 0.2) is 42.7 Å². The number of H-pyrrole nitrogens is 1. The van der Waals surface area contributed by atoms with Gasteiger partial charge in [0, 0.05) is 30.7 Å². The summed E-state index contributed by atoms with van der Waals surface area (Å²) in [5.74, 6) is 0.428. The highest BCUT2D eigenvalue weighted by Gasteiger charge is 2.08. The van der Waals surface area contributed by atoms with E-state index in [1.165, 1.54) is 0 Å². The number of anilines is 3. The molecule has 112 valence electrons. The fourth-order valence-corrected chi connectivity index (χ4v) is 2.33. The summed E-state index contributed by atoms with van der Waals surface area (Å²) < 4.78 is 0. The van der Waals surface area contributed by atoms with Gasteiger partial charge in [0.1, 0.15) is 5.82 Å². The molecule has 3 aromatic rings. The summed E-state index contributed by atoms with van der Waals surface area (Å²) in [5, 5.41) is 4.37. The number of hydrogen-bond acceptors (Lipinski definition) is 4. The SMILES string of the molecule is CN(C)c1cncc2[nH]c(Nc3ccc(C(N)=O)cc3)cc12. The molecule has 22 heavy (non-hydrogen) atoms. The van der Waals surface area contributed by atoms with Crippen LogP contribution in [-0.2, 0) is 0 Å². The zero-order valence-corrected chi connectivity index (χ0v) is 12.4. The van der Waals surface area contributed by atoms with Crippen molar-refractivity contribution in [1.29, 1.82) is 0 Å². The maximum atomic E-state index is 11.1. The monoisotopic (exact) mass is 295 g/mol. The Bertz CT molecular complexity index is 820. The number of pyridine rings is 1. The van der Waals surface area contributed by atoms with E-state index in [1.807, 2.05) is 43.4 Å². The third-order valence-electron chi connectivity index (χ3n) is 3.45. The lowest BCUT2D eigenvalue weighted by Crippen LogP contribution is -2.10. The average Bonchev–Trinajstić information content (AvgIpc) is 2.89. The number of fused-ring (bicyclic) bond motifs is 1. The minimum Gasteiger partial charge on any atom is -0.376 e. The number of amides is 1. The van der Waals surface area contributed by atoms with E-state index in [-0.39, 0.29) is 0 Å². The molecule has 0 aliphatic heterocycles. The molecule has 2 heterocycles. The zero-order chi connectivity index (χ0) is 15.7. The molecule has 0 aliphatic carbocycles. The number of nitrogens with one attached hydrogen (secondary N) is 2. The Morgan fingerprint density at radius 3 is 2.59 bits per heavy atom. The van der Waals surface area contributed by atoms with Gasteiger partial charge in [-0.15, -0.1) is 0 Å². The van der Waals surface area contributed by atoms with Crippen molar-refractivity contribution in [3.05, 3.63) is 48.3 Å². The number of aromatic amines is 1. The first kappa shape index (κ1) is 13.9. The molecule has 4 N–H and O–H groups in total. The van der Waals surface area contributed by atoms with Gasteiger partial charge in [0.2, 0.25) is 5.91 Å². The van der Waals surface area contributed by atoms with E-state index >= 15 is 0 Å². The molecule has 1 aromatic carbocycles. The maximum absolute atomic E-state index is 11.1. The quantitative estimate of drug-likeness (QED) is 0.690. The Balaban J connectivity index is 1.91. The molecule has 1 amide bonds. The van der Waals surface area contributed by atoms with Crippen molar-refractivity contribution in [3.8, 4) is 0 Å². The highest BCUT2D eigenvalue weighted by Crippen LogP contribution is 2.28.